The summed E-state index contributed by atoms with van der Waals surface area (Å²) in [7, 11) is 1.84. The number of halogens is 1. The highest BCUT2D eigenvalue weighted by Gasteiger charge is 2.46. The Hall–Kier alpha value is -1.91. The molecule has 1 spiro atoms. The van der Waals surface area contributed by atoms with E-state index >= 15 is 0 Å². The van der Waals surface area contributed by atoms with Crippen LogP contribution in [0.1, 0.15) is 49.3 Å². The quantitative estimate of drug-likeness (QED) is 0.831. The Balaban J connectivity index is 1.78. The van der Waals surface area contributed by atoms with Crippen molar-refractivity contribution in [2.24, 2.45) is 0 Å². The van der Waals surface area contributed by atoms with Crippen LogP contribution in [0.5, 0.6) is 0 Å². The molecule has 0 saturated heterocycles. The maximum Gasteiger partial charge on any atom is 0.123 e. The fourth-order valence-corrected chi connectivity index (χ4v) is 5.19. The molecule has 2 unspecified atom stereocenters. The number of likely N-dealkylation sites (N-methyl/N-ethyl adjacent to an activating group) is 1. The summed E-state index contributed by atoms with van der Waals surface area (Å²) < 4.78 is 14.0. The second-order valence-corrected chi connectivity index (χ2v) is 8.11. The van der Waals surface area contributed by atoms with E-state index in [0.29, 0.717) is 6.54 Å². The number of hydrogen-bond acceptors (Lipinski definition) is 3. The lowest BCUT2D eigenvalue weighted by Gasteiger charge is -2.38. The fourth-order valence-electron chi connectivity index (χ4n) is 5.19. The van der Waals surface area contributed by atoms with E-state index in [1.807, 2.05) is 13.1 Å². The Kier molecular flexibility index (Phi) is 5.20. The molecule has 3 nitrogen and oxygen atoms in total. The van der Waals surface area contributed by atoms with E-state index in [4.69, 9.17) is 0 Å². The second kappa shape index (κ2) is 7.61. The van der Waals surface area contributed by atoms with Gasteiger partial charge in [0.1, 0.15) is 5.82 Å². The van der Waals surface area contributed by atoms with Crippen molar-refractivity contribution in [3.8, 4) is 0 Å². The van der Waals surface area contributed by atoms with Crippen molar-refractivity contribution >= 4 is 5.69 Å². The van der Waals surface area contributed by atoms with Gasteiger partial charge in [-0.15, -0.1) is 0 Å². The smallest absolute Gasteiger partial charge is 0.123 e. The second-order valence-electron chi connectivity index (χ2n) is 8.11. The lowest BCUT2D eigenvalue weighted by Crippen LogP contribution is -2.43. The summed E-state index contributed by atoms with van der Waals surface area (Å²) in [6.45, 7) is 1.36. The van der Waals surface area contributed by atoms with Crippen LogP contribution >= 0.6 is 0 Å². The molecule has 0 bridgehead atoms. The van der Waals surface area contributed by atoms with Gasteiger partial charge < -0.3 is 15.3 Å². The molecule has 2 aliphatic rings. The zero-order chi connectivity index (χ0) is 18.9. The number of fused-ring (bicyclic) bond motifs is 2. The molecule has 1 aliphatic carbocycles. The van der Waals surface area contributed by atoms with Gasteiger partial charge in [-0.05, 0) is 49.2 Å². The minimum absolute atomic E-state index is 0.166. The zero-order valence-electron chi connectivity index (χ0n) is 16.0. The molecule has 2 N–H and O–H groups in total. The van der Waals surface area contributed by atoms with Crippen LogP contribution in [0.15, 0.2) is 48.5 Å². The summed E-state index contributed by atoms with van der Waals surface area (Å²) in [5, 5.41) is 14.1. The standard InChI is InChI=1S/C23H29FN2O/c1-25-15-21(27)22(17-8-7-9-18(24)14-17)26-16-23(12-5-2-6-13-23)19-10-3-4-11-20(19)26/h3-4,7-11,14,21-22,25,27H,2,5-6,12-13,15-16H2,1H3. The number of rotatable bonds is 5. The number of nitrogens with zero attached hydrogens (tertiary/aromatic N) is 1. The first-order valence-corrected chi connectivity index (χ1v) is 10.1. The summed E-state index contributed by atoms with van der Waals surface area (Å²) >= 11 is 0. The van der Waals surface area contributed by atoms with E-state index in [1.165, 1.54) is 49.4 Å². The van der Waals surface area contributed by atoms with Gasteiger partial charge in [0.2, 0.25) is 0 Å². The van der Waals surface area contributed by atoms with Crippen LogP contribution in [-0.4, -0.2) is 31.3 Å². The van der Waals surface area contributed by atoms with Crippen LogP contribution < -0.4 is 10.2 Å². The molecule has 1 heterocycles. The van der Waals surface area contributed by atoms with Crippen LogP contribution in [0.4, 0.5) is 10.1 Å². The topological polar surface area (TPSA) is 35.5 Å². The van der Waals surface area contributed by atoms with Crippen molar-refractivity contribution in [1.82, 2.24) is 5.32 Å². The first kappa shape index (κ1) is 18.5. The fraction of sp³-hybridized carbons (Fsp3) is 0.478. The van der Waals surface area contributed by atoms with Gasteiger partial charge in [-0.2, -0.15) is 0 Å². The van der Waals surface area contributed by atoms with Gasteiger partial charge in [-0.3, -0.25) is 0 Å². The Morgan fingerprint density at radius 3 is 2.63 bits per heavy atom. The third-order valence-corrected chi connectivity index (χ3v) is 6.37. The Morgan fingerprint density at radius 2 is 1.89 bits per heavy atom. The van der Waals surface area contributed by atoms with Gasteiger partial charge in [0, 0.05) is 24.2 Å². The molecule has 4 rings (SSSR count). The maximum atomic E-state index is 14.0. The lowest BCUT2D eigenvalue weighted by atomic mass is 9.71. The molecule has 144 valence electrons. The molecular formula is C23H29FN2O. The van der Waals surface area contributed by atoms with Gasteiger partial charge in [0.15, 0.2) is 0 Å². The number of aliphatic hydroxyl groups is 1. The molecule has 0 aromatic heterocycles. The SMILES string of the molecule is CNCC(O)C(c1cccc(F)c1)N1CC2(CCCCC2)c2ccccc21. The van der Waals surface area contributed by atoms with Crippen LogP contribution in [0, 0.1) is 5.82 Å². The lowest BCUT2D eigenvalue weighted by molar-refractivity contribution is 0.138. The van der Waals surface area contributed by atoms with Crippen molar-refractivity contribution in [2.75, 3.05) is 25.0 Å². The number of nitrogens with one attached hydrogen (secondary N) is 1. The van der Waals surface area contributed by atoms with Gasteiger partial charge in [0.25, 0.3) is 0 Å². The molecule has 0 radical (unpaired) electrons. The highest BCUT2D eigenvalue weighted by molar-refractivity contribution is 5.64. The molecule has 27 heavy (non-hydrogen) atoms. The predicted octanol–water partition coefficient (Wildman–Crippen LogP) is 4.17. The van der Waals surface area contributed by atoms with Gasteiger partial charge in [-0.1, -0.05) is 49.6 Å². The molecule has 4 heteroatoms. The van der Waals surface area contributed by atoms with Crippen LogP contribution in [0.2, 0.25) is 0 Å². The van der Waals surface area contributed by atoms with Gasteiger partial charge >= 0.3 is 0 Å². The molecule has 0 amide bonds. The Bertz CT molecular complexity index is 787. The summed E-state index contributed by atoms with van der Waals surface area (Å²) in [6, 6.07) is 15.0. The number of anilines is 1. The highest BCUT2D eigenvalue weighted by Crippen LogP contribution is 2.51. The molecule has 1 aliphatic heterocycles. The third kappa shape index (κ3) is 3.37. The summed E-state index contributed by atoms with van der Waals surface area (Å²) in [4.78, 5) is 2.33. The number of benzene rings is 2. The van der Waals surface area contributed by atoms with E-state index in [0.717, 1.165) is 12.1 Å². The summed E-state index contributed by atoms with van der Waals surface area (Å²) in [6.07, 6.45) is 5.58. The molecule has 2 aromatic carbocycles. The van der Waals surface area contributed by atoms with Crippen LogP contribution in [0.25, 0.3) is 0 Å². The third-order valence-electron chi connectivity index (χ3n) is 6.37. The van der Waals surface area contributed by atoms with Crippen LogP contribution in [0.3, 0.4) is 0 Å². The molecule has 1 fully saturated rings. The number of para-hydroxylation sites is 1. The average Bonchev–Trinajstić information content (AvgIpc) is 2.97. The minimum atomic E-state index is -0.622. The number of aliphatic hydroxyl groups excluding tert-OH is 1. The molecule has 1 saturated carbocycles. The Morgan fingerprint density at radius 1 is 1.11 bits per heavy atom. The van der Waals surface area contributed by atoms with E-state index in [2.05, 4.69) is 34.5 Å². The normalized spacial score (nSPS) is 20.5. The van der Waals surface area contributed by atoms with Gasteiger partial charge in [0.05, 0.1) is 12.1 Å². The average molecular weight is 368 g/mol. The monoisotopic (exact) mass is 368 g/mol. The molecule has 2 aromatic rings. The Labute approximate surface area is 161 Å². The van der Waals surface area contributed by atoms with Crippen molar-refractivity contribution in [3.63, 3.8) is 0 Å². The molecule has 2 atom stereocenters. The summed E-state index contributed by atoms with van der Waals surface area (Å²) in [5.74, 6) is -0.256. The largest absolute Gasteiger partial charge is 0.389 e. The predicted molar refractivity (Wildman–Crippen MR) is 108 cm³/mol. The van der Waals surface area contributed by atoms with E-state index in [-0.39, 0.29) is 17.3 Å². The van der Waals surface area contributed by atoms with Crippen molar-refractivity contribution in [2.45, 2.75) is 49.7 Å². The first-order valence-electron chi connectivity index (χ1n) is 10.1. The van der Waals surface area contributed by atoms with Crippen LogP contribution in [-0.2, 0) is 5.41 Å². The van der Waals surface area contributed by atoms with E-state index in [9.17, 15) is 9.50 Å². The highest BCUT2D eigenvalue weighted by atomic mass is 19.1. The first-order chi connectivity index (χ1) is 13.1. The van der Waals surface area contributed by atoms with Crippen molar-refractivity contribution < 1.29 is 9.50 Å². The number of hydrogen-bond donors (Lipinski definition) is 2. The molecular weight excluding hydrogens is 339 g/mol. The summed E-state index contributed by atoms with van der Waals surface area (Å²) in [5.41, 5.74) is 3.60. The van der Waals surface area contributed by atoms with Gasteiger partial charge in [-0.25, -0.2) is 4.39 Å². The van der Waals surface area contributed by atoms with Crippen molar-refractivity contribution in [1.29, 1.82) is 0 Å². The van der Waals surface area contributed by atoms with E-state index in [1.54, 1.807) is 12.1 Å². The van der Waals surface area contributed by atoms with E-state index < -0.39 is 6.10 Å². The zero-order valence-corrected chi connectivity index (χ0v) is 16.0. The minimum Gasteiger partial charge on any atom is -0.389 e. The maximum absolute atomic E-state index is 14.0. The van der Waals surface area contributed by atoms with Crippen molar-refractivity contribution in [3.05, 3.63) is 65.5 Å².